The van der Waals surface area contributed by atoms with E-state index in [0.29, 0.717) is 30.8 Å². The number of piperidine rings is 2. The molecule has 1 aromatic rings. The quantitative estimate of drug-likeness (QED) is 0.733. The number of hydrogen-bond acceptors (Lipinski definition) is 6. The molecule has 144 valence electrons. The normalized spacial score (nSPS) is 40.5. The molecule has 1 amide bonds. The molecule has 27 heavy (non-hydrogen) atoms. The van der Waals surface area contributed by atoms with Gasteiger partial charge in [0.2, 0.25) is 5.91 Å². The van der Waals surface area contributed by atoms with Crippen LogP contribution >= 0.6 is 0 Å². The second kappa shape index (κ2) is 5.31. The number of anilines is 1. The van der Waals surface area contributed by atoms with Crippen molar-refractivity contribution in [3.8, 4) is 0 Å². The molecule has 6 atom stereocenters. The van der Waals surface area contributed by atoms with E-state index in [9.17, 15) is 19.8 Å². The Labute approximate surface area is 157 Å². The lowest BCUT2D eigenvalue weighted by molar-refractivity contribution is -0.194. The molecule has 3 fully saturated rings. The third-order valence-corrected chi connectivity index (χ3v) is 7.34. The molecule has 0 aromatic heterocycles. The number of nitrogens with zero attached hydrogens (tertiary/aromatic N) is 2. The van der Waals surface area contributed by atoms with Gasteiger partial charge >= 0.3 is 5.97 Å². The molecule has 1 unspecified atom stereocenters. The Balaban J connectivity index is 1.80. The first kappa shape index (κ1) is 17.2. The van der Waals surface area contributed by atoms with Crippen molar-refractivity contribution >= 4 is 17.6 Å². The lowest BCUT2D eigenvalue weighted by Crippen LogP contribution is -2.78. The number of carbonyl (C=O) groups excluding carboxylic acids is 2. The van der Waals surface area contributed by atoms with E-state index in [0.717, 1.165) is 0 Å². The van der Waals surface area contributed by atoms with Crippen molar-refractivity contribution in [3.05, 3.63) is 29.8 Å². The van der Waals surface area contributed by atoms with Crippen LogP contribution in [0.3, 0.4) is 0 Å². The largest absolute Gasteiger partial charge is 0.469 e. The highest BCUT2D eigenvalue weighted by atomic mass is 16.5. The Hall–Kier alpha value is -1.96. The minimum absolute atomic E-state index is 0.110. The second-order valence-electron chi connectivity index (χ2n) is 8.30. The Kier molecular flexibility index (Phi) is 3.37. The molecule has 1 aromatic carbocycles. The van der Waals surface area contributed by atoms with Gasteiger partial charge in [0.05, 0.1) is 18.9 Å². The number of aliphatic hydroxyl groups excluding tert-OH is 1. The van der Waals surface area contributed by atoms with E-state index in [1.807, 2.05) is 29.2 Å². The number of aliphatic hydroxyl groups is 2. The highest BCUT2D eigenvalue weighted by Gasteiger charge is 2.78. The highest BCUT2D eigenvalue weighted by Crippen LogP contribution is 2.66. The van der Waals surface area contributed by atoms with Crippen molar-refractivity contribution in [1.29, 1.82) is 0 Å². The van der Waals surface area contributed by atoms with Crippen LogP contribution in [0.4, 0.5) is 5.69 Å². The summed E-state index contributed by atoms with van der Waals surface area (Å²) in [6.07, 6.45) is -0.0630. The lowest BCUT2D eigenvalue weighted by atomic mass is 9.61. The van der Waals surface area contributed by atoms with Crippen molar-refractivity contribution in [2.45, 2.75) is 37.1 Å². The molecule has 3 saturated heterocycles. The zero-order chi connectivity index (χ0) is 19.1. The van der Waals surface area contributed by atoms with Gasteiger partial charge in [-0.3, -0.25) is 19.4 Å². The molecule has 2 bridgehead atoms. The summed E-state index contributed by atoms with van der Waals surface area (Å²) in [4.78, 5) is 30.0. The fourth-order valence-corrected chi connectivity index (χ4v) is 6.40. The van der Waals surface area contributed by atoms with Gasteiger partial charge in [0.1, 0.15) is 17.2 Å². The van der Waals surface area contributed by atoms with Crippen molar-refractivity contribution < 1.29 is 24.5 Å². The summed E-state index contributed by atoms with van der Waals surface area (Å²) in [5.41, 5.74) is -1.13. The molecule has 1 spiro atoms. The number of ether oxygens (including phenoxy) is 1. The Morgan fingerprint density at radius 2 is 2.11 bits per heavy atom. The third kappa shape index (κ3) is 1.74. The Morgan fingerprint density at radius 3 is 2.81 bits per heavy atom. The Morgan fingerprint density at radius 1 is 1.37 bits per heavy atom. The smallest absolute Gasteiger partial charge is 0.312 e. The number of benzene rings is 1. The second-order valence-corrected chi connectivity index (χ2v) is 8.30. The van der Waals surface area contributed by atoms with E-state index in [1.54, 1.807) is 11.8 Å². The van der Waals surface area contributed by atoms with Gasteiger partial charge in [-0.25, -0.2) is 0 Å². The number of hydrogen-bond donors (Lipinski definition) is 2. The van der Waals surface area contributed by atoms with Crippen LogP contribution in [-0.4, -0.2) is 59.0 Å². The maximum absolute atomic E-state index is 13.3. The summed E-state index contributed by atoms with van der Waals surface area (Å²) in [6.45, 7) is 2.80. The monoisotopic (exact) mass is 372 g/mol. The molecule has 4 aliphatic rings. The van der Waals surface area contributed by atoms with Crippen molar-refractivity contribution in [2.24, 2.45) is 17.8 Å². The minimum atomic E-state index is -1.33. The summed E-state index contributed by atoms with van der Waals surface area (Å²) in [5, 5.41) is 22.3. The summed E-state index contributed by atoms with van der Waals surface area (Å²) in [7, 11) is 1.34. The van der Waals surface area contributed by atoms with Gasteiger partial charge in [-0.1, -0.05) is 18.2 Å². The molecular formula is C20H24N2O5. The maximum Gasteiger partial charge on any atom is 0.312 e. The molecule has 0 saturated carbocycles. The van der Waals surface area contributed by atoms with Crippen LogP contribution in [0.15, 0.2) is 24.3 Å². The van der Waals surface area contributed by atoms with Crippen molar-refractivity contribution in [2.75, 3.05) is 25.1 Å². The molecular weight excluding hydrogens is 348 g/mol. The third-order valence-electron chi connectivity index (χ3n) is 7.34. The van der Waals surface area contributed by atoms with Crippen LogP contribution in [-0.2, 0) is 19.9 Å². The predicted molar refractivity (Wildman–Crippen MR) is 95.5 cm³/mol. The number of fused-ring (bicyclic) bond motifs is 4. The van der Waals surface area contributed by atoms with Gasteiger partial charge < -0.3 is 14.9 Å². The first-order valence-electron chi connectivity index (χ1n) is 9.53. The average molecular weight is 372 g/mol. The molecule has 0 aliphatic carbocycles. The fraction of sp³-hybridized carbons (Fsp3) is 0.600. The van der Waals surface area contributed by atoms with E-state index in [1.165, 1.54) is 7.11 Å². The first-order chi connectivity index (χ1) is 12.9. The van der Waals surface area contributed by atoms with Crippen molar-refractivity contribution in [3.63, 3.8) is 0 Å². The molecule has 2 N–H and O–H groups in total. The SMILES string of the molecule is COC(=O)C1[C@@H]2CC(=O)N3c4ccccc4[C@]4(O)CCN(C[C@@H]2[C@@H](C)O)[C@]134. The van der Waals surface area contributed by atoms with Crippen LogP contribution < -0.4 is 4.90 Å². The first-order valence-corrected chi connectivity index (χ1v) is 9.53. The summed E-state index contributed by atoms with van der Waals surface area (Å²) < 4.78 is 5.16. The number of esters is 1. The molecule has 4 aliphatic heterocycles. The van der Waals surface area contributed by atoms with Gasteiger partial charge in [0.15, 0.2) is 0 Å². The van der Waals surface area contributed by atoms with E-state index in [-0.39, 0.29) is 24.2 Å². The van der Waals surface area contributed by atoms with Crippen LogP contribution in [0, 0.1) is 17.8 Å². The molecule has 0 radical (unpaired) electrons. The topological polar surface area (TPSA) is 90.3 Å². The van der Waals surface area contributed by atoms with Gasteiger partial charge in [-0.2, -0.15) is 0 Å². The maximum atomic E-state index is 13.3. The summed E-state index contributed by atoms with van der Waals surface area (Å²) in [6, 6.07) is 7.39. The lowest BCUT2D eigenvalue weighted by Gasteiger charge is -2.61. The van der Waals surface area contributed by atoms with Gasteiger partial charge in [0, 0.05) is 31.0 Å². The van der Waals surface area contributed by atoms with E-state index < -0.39 is 29.3 Å². The fourth-order valence-electron chi connectivity index (χ4n) is 6.40. The summed E-state index contributed by atoms with van der Waals surface area (Å²) >= 11 is 0. The van der Waals surface area contributed by atoms with Crippen LogP contribution in [0.25, 0.3) is 0 Å². The Bertz CT molecular complexity index is 841. The van der Waals surface area contributed by atoms with Crippen LogP contribution in [0.5, 0.6) is 0 Å². The highest BCUT2D eigenvalue weighted by molar-refractivity contribution is 6.02. The average Bonchev–Trinajstić information content (AvgIpc) is 3.04. The minimum Gasteiger partial charge on any atom is -0.469 e. The standard InChI is InChI=1S/C20H24N2O5/c1-11(23)13-10-21-8-7-19(26)14-5-3-4-6-15(14)22-16(24)9-12(13)17(18(25)27-2)20(19,21)22/h3-6,11-13,17,23,26H,7-10H2,1-2H3/t11-,12-,13-,17?,19-,20-/m1/s1. The zero-order valence-electron chi connectivity index (χ0n) is 15.5. The van der Waals surface area contributed by atoms with E-state index in [4.69, 9.17) is 4.74 Å². The van der Waals surface area contributed by atoms with Gasteiger partial charge in [-0.05, 0) is 25.3 Å². The number of methoxy groups -OCH3 is 1. The van der Waals surface area contributed by atoms with Crippen LogP contribution in [0.1, 0.15) is 25.3 Å². The number of amides is 1. The summed E-state index contributed by atoms with van der Waals surface area (Å²) in [5.74, 6) is -1.84. The van der Waals surface area contributed by atoms with Gasteiger partial charge in [0.25, 0.3) is 0 Å². The van der Waals surface area contributed by atoms with Crippen LogP contribution in [0.2, 0.25) is 0 Å². The molecule has 5 rings (SSSR count). The molecule has 7 nitrogen and oxygen atoms in total. The predicted octanol–water partition coefficient (Wildman–Crippen LogP) is 0.443. The number of rotatable bonds is 2. The molecule has 4 heterocycles. The number of para-hydroxylation sites is 1. The molecule has 7 heteroatoms. The number of carbonyl (C=O) groups is 2. The zero-order valence-corrected chi connectivity index (χ0v) is 15.5. The van der Waals surface area contributed by atoms with E-state index in [2.05, 4.69) is 0 Å². The van der Waals surface area contributed by atoms with Crippen molar-refractivity contribution in [1.82, 2.24) is 4.90 Å². The van der Waals surface area contributed by atoms with E-state index >= 15 is 0 Å². The van der Waals surface area contributed by atoms with Gasteiger partial charge in [-0.15, -0.1) is 0 Å².